The van der Waals surface area contributed by atoms with E-state index in [1.165, 1.54) is 25.1 Å². The highest BCUT2D eigenvalue weighted by Gasteiger charge is 2.30. The van der Waals surface area contributed by atoms with Gasteiger partial charge in [-0.1, -0.05) is 29.8 Å². The highest BCUT2D eigenvalue weighted by Crippen LogP contribution is 2.30. The molecule has 1 fully saturated rings. The summed E-state index contributed by atoms with van der Waals surface area (Å²) in [5, 5.41) is 6.27. The van der Waals surface area contributed by atoms with Crippen LogP contribution in [0.5, 0.6) is 0 Å². The Morgan fingerprint density at radius 1 is 1.26 bits per heavy atom. The fraction of sp³-hybridized carbons (Fsp3) is 0.263. The molecule has 0 saturated carbocycles. The summed E-state index contributed by atoms with van der Waals surface area (Å²) in [6.07, 6.45) is 0. The van der Waals surface area contributed by atoms with E-state index in [4.69, 9.17) is 11.6 Å². The predicted octanol–water partition coefficient (Wildman–Crippen LogP) is 3.65. The minimum absolute atomic E-state index is 0. The molecule has 1 aliphatic rings. The van der Waals surface area contributed by atoms with Crippen molar-refractivity contribution in [1.29, 1.82) is 0 Å². The number of benzene rings is 2. The third-order valence-electron chi connectivity index (χ3n) is 4.29. The molecule has 0 bridgehead atoms. The Labute approximate surface area is 168 Å². The number of nitrogens with one attached hydrogen (secondary N) is 2. The van der Waals surface area contributed by atoms with Gasteiger partial charge in [0.15, 0.2) is 0 Å². The first kappa shape index (κ1) is 21.2. The lowest BCUT2D eigenvalue weighted by molar-refractivity contribution is -0.114. The summed E-state index contributed by atoms with van der Waals surface area (Å²) in [4.78, 5) is 26.0. The molecular weight excluding hydrogens is 392 g/mol. The van der Waals surface area contributed by atoms with Crippen LogP contribution < -0.4 is 10.6 Å². The van der Waals surface area contributed by atoms with E-state index < -0.39 is 11.7 Å². The molecule has 2 N–H and O–H groups in total. The van der Waals surface area contributed by atoms with Crippen molar-refractivity contribution in [3.05, 3.63) is 64.4 Å². The summed E-state index contributed by atoms with van der Waals surface area (Å²) in [5.41, 5.74) is 1.17. The largest absolute Gasteiger partial charge is 0.329 e. The molecule has 1 aliphatic heterocycles. The van der Waals surface area contributed by atoms with Crippen LogP contribution >= 0.6 is 24.0 Å². The molecule has 0 spiro atoms. The van der Waals surface area contributed by atoms with Gasteiger partial charge in [0.05, 0.1) is 11.7 Å². The van der Waals surface area contributed by atoms with Gasteiger partial charge in [-0.3, -0.25) is 9.59 Å². The summed E-state index contributed by atoms with van der Waals surface area (Å²) in [7, 11) is 0. The average Bonchev–Trinajstić information content (AvgIpc) is 2.63. The molecule has 5 nitrogen and oxygen atoms in total. The maximum atomic E-state index is 13.9. The highest BCUT2D eigenvalue weighted by atomic mass is 35.5. The monoisotopic (exact) mass is 411 g/mol. The predicted molar refractivity (Wildman–Crippen MR) is 106 cm³/mol. The third-order valence-corrected chi connectivity index (χ3v) is 4.64. The van der Waals surface area contributed by atoms with Crippen LogP contribution in [0, 0.1) is 5.82 Å². The van der Waals surface area contributed by atoms with Gasteiger partial charge in [0.1, 0.15) is 5.82 Å². The Hall–Kier alpha value is -2.15. The van der Waals surface area contributed by atoms with Gasteiger partial charge in [0.2, 0.25) is 5.91 Å². The number of nitrogens with zero attached hydrogens (tertiary/aromatic N) is 1. The van der Waals surface area contributed by atoms with Crippen molar-refractivity contribution in [1.82, 2.24) is 10.2 Å². The lowest BCUT2D eigenvalue weighted by Crippen LogP contribution is -2.48. The van der Waals surface area contributed by atoms with Crippen molar-refractivity contribution in [2.75, 3.05) is 25.0 Å². The first-order chi connectivity index (χ1) is 12.5. The maximum absolute atomic E-state index is 13.9. The number of hydrogen-bond acceptors (Lipinski definition) is 3. The SMILES string of the molecule is CC(=O)Nc1cc(C(=O)N2CCNCC2c2ccccc2Cl)ccc1F.Cl. The summed E-state index contributed by atoms with van der Waals surface area (Å²) < 4.78 is 13.9. The second-order valence-corrected chi connectivity index (χ2v) is 6.52. The number of halogens is 3. The van der Waals surface area contributed by atoms with Crippen molar-refractivity contribution in [2.24, 2.45) is 0 Å². The van der Waals surface area contributed by atoms with Crippen molar-refractivity contribution in [3.63, 3.8) is 0 Å². The van der Waals surface area contributed by atoms with E-state index in [-0.39, 0.29) is 30.0 Å². The molecule has 2 aromatic rings. The Morgan fingerprint density at radius 2 is 2.00 bits per heavy atom. The average molecular weight is 412 g/mol. The van der Waals surface area contributed by atoms with Crippen molar-refractivity contribution < 1.29 is 14.0 Å². The maximum Gasteiger partial charge on any atom is 0.254 e. The van der Waals surface area contributed by atoms with Crippen molar-refractivity contribution >= 4 is 41.5 Å². The van der Waals surface area contributed by atoms with Crippen LogP contribution in [0.1, 0.15) is 28.9 Å². The molecule has 3 rings (SSSR count). The van der Waals surface area contributed by atoms with E-state index in [0.717, 1.165) is 5.56 Å². The van der Waals surface area contributed by atoms with Gasteiger partial charge >= 0.3 is 0 Å². The van der Waals surface area contributed by atoms with Gasteiger partial charge in [-0.2, -0.15) is 0 Å². The fourth-order valence-corrected chi connectivity index (χ4v) is 3.34. The molecule has 27 heavy (non-hydrogen) atoms. The highest BCUT2D eigenvalue weighted by molar-refractivity contribution is 6.31. The molecule has 0 aromatic heterocycles. The molecule has 8 heteroatoms. The molecule has 1 unspecified atom stereocenters. The van der Waals surface area contributed by atoms with Crippen LogP contribution in [0.3, 0.4) is 0 Å². The zero-order valence-electron chi connectivity index (χ0n) is 14.7. The van der Waals surface area contributed by atoms with Gasteiger partial charge in [-0.05, 0) is 29.8 Å². The van der Waals surface area contributed by atoms with Gasteiger partial charge in [-0.15, -0.1) is 12.4 Å². The molecule has 0 radical (unpaired) electrons. The summed E-state index contributed by atoms with van der Waals surface area (Å²) in [6, 6.07) is 11.2. The fourth-order valence-electron chi connectivity index (χ4n) is 3.08. The third kappa shape index (κ3) is 4.77. The number of rotatable bonds is 3. The van der Waals surface area contributed by atoms with Crippen LogP contribution in [0.2, 0.25) is 5.02 Å². The number of carbonyl (C=O) groups excluding carboxylic acids is 2. The van der Waals surface area contributed by atoms with Crippen molar-refractivity contribution in [2.45, 2.75) is 13.0 Å². The van der Waals surface area contributed by atoms with Crippen LogP contribution in [-0.4, -0.2) is 36.3 Å². The Morgan fingerprint density at radius 3 is 2.70 bits per heavy atom. The number of anilines is 1. The number of carbonyl (C=O) groups is 2. The quantitative estimate of drug-likeness (QED) is 0.809. The molecule has 1 saturated heterocycles. The first-order valence-electron chi connectivity index (χ1n) is 8.30. The van der Waals surface area contributed by atoms with E-state index >= 15 is 0 Å². The van der Waals surface area contributed by atoms with E-state index in [9.17, 15) is 14.0 Å². The first-order valence-corrected chi connectivity index (χ1v) is 8.68. The molecular formula is C19H20Cl2FN3O2. The zero-order chi connectivity index (χ0) is 18.7. The van der Waals surface area contributed by atoms with Gasteiger partial charge in [0, 0.05) is 37.1 Å². The topological polar surface area (TPSA) is 61.4 Å². The van der Waals surface area contributed by atoms with Gasteiger partial charge < -0.3 is 15.5 Å². The molecule has 0 aliphatic carbocycles. The smallest absolute Gasteiger partial charge is 0.254 e. The molecule has 1 heterocycles. The van der Waals surface area contributed by atoms with E-state index in [1.807, 2.05) is 18.2 Å². The van der Waals surface area contributed by atoms with E-state index in [1.54, 1.807) is 11.0 Å². The minimum Gasteiger partial charge on any atom is -0.329 e. The summed E-state index contributed by atoms with van der Waals surface area (Å²) in [6.45, 7) is 3.03. The molecule has 144 valence electrons. The summed E-state index contributed by atoms with van der Waals surface area (Å²) in [5.74, 6) is -1.22. The van der Waals surface area contributed by atoms with Gasteiger partial charge in [0.25, 0.3) is 5.91 Å². The molecule has 2 aromatic carbocycles. The lowest BCUT2D eigenvalue weighted by atomic mass is 10.0. The molecule has 1 atom stereocenters. The van der Waals surface area contributed by atoms with Crippen LogP contribution in [0.15, 0.2) is 42.5 Å². The Kier molecular flexibility index (Phi) is 7.18. The molecule has 2 amide bonds. The Balaban J connectivity index is 0.00000261. The Bertz CT molecular complexity index is 847. The van der Waals surface area contributed by atoms with Crippen molar-refractivity contribution in [3.8, 4) is 0 Å². The van der Waals surface area contributed by atoms with E-state index in [2.05, 4.69) is 10.6 Å². The minimum atomic E-state index is -0.584. The number of hydrogen-bond donors (Lipinski definition) is 2. The second-order valence-electron chi connectivity index (χ2n) is 6.12. The standard InChI is InChI=1S/C19H19ClFN3O2.ClH/c1-12(25)23-17-10-13(6-7-16(17)21)19(26)24-9-8-22-11-18(24)14-4-2-3-5-15(14)20;/h2-7,10,18,22H,8-9,11H2,1H3,(H,23,25);1H. The lowest BCUT2D eigenvalue weighted by Gasteiger charge is -2.37. The normalized spacial score (nSPS) is 16.4. The van der Waals surface area contributed by atoms with Crippen LogP contribution in [-0.2, 0) is 4.79 Å². The van der Waals surface area contributed by atoms with Gasteiger partial charge in [-0.25, -0.2) is 4.39 Å². The summed E-state index contributed by atoms with van der Waals surface area (Å²) >= 11 is 6.31. The van der Waals surface area contributed by atoms with E-state index in [0.29, 0.717) is 30.2 Å². The zero-order valence-corrected chi connectivity index (χ0v) is 16.2. The van der Waals surface area contributed by atoms with Crippen LogP contribution in [0.25, 0.3) is 0 Å². The number of piperazine rings is 1. The number of amides is 2. The second kappa shape index (κ2) is 9.17. The van der Waals surface area contributed by atoms with Crippen LogP contribution in [0.4, 0.5) is 10.1 Å².